The third-order valence-corrected chi connectivity index (χ3v) is 4.21. The molecule has 4 heteroatoms. The van der Waals surface area contributed by atoms with Gasteiger partial charge >= 0.3 is 0 Å². The highest BCUT2D eigenvalue weighted by atomic mass is 32.1. The number of carbonyl (C=O) groups is 1. The quantitative estimate of drug-likeness (QED) is 0.727. The zero-order chi connectivity index (χ0) is 15.4. The Balaban J connectivity index is 1.73. The van der Waals surface area contributed by atoms with Crippen molar-refractivity contribution in [2.75, 3.05) is 7.05 Å². The van der Waals surface area contributed by atoms with Gasteiger partial charge in [-0.25, -0.2) is 4.98 Å². The van der Waals surface area contributed by atoms with Crippen LogP contribution in [0.2, 0.25) is 0 Å². The van der Waals surface area contributed by atoms with Crippen molar-refractivity contribution in [3.05, 3.63) is 76.7 Å². The van der Waals surface area contributed by atoms with E-state index in [1.54, 1.807) is 29.5 Å². The first-order valence-electron chi connectivity index (χ1n) is 7.03. The molecule has 3 aromatic rings. The highest BCUT2D eigenvalue weighted by Crippen LogP contribution is 2.20. The lowest BCUT2D eigenvalue weighted by Gasteiger charge is -2.16. The maximum Gasteiger partial charge on any atom is 0.253 e. The lowest BCUT2D eigenvalue weighted by atomic mass is 10.0. The minimum absolute atomic E-state index is 0.00908. The van der Waals surface area contributed by atoms with Gasteiger partial charge in [-0.1, -0.05) is 42.5 Å². The fraction of sp³-hybridized carbons (Fsp3) is 0.111. The summed E-state index contributed by atoms with van der Waals surface area (Å²) in [7, 11) is 1.80. The molecule has 1 heterocycles. The Labute approximate surface area is 133 Å². The van der Waals surface area contributed by atoms with Crippen molar-refractivity contribution in [1.29, 1.82) is 0 Å². The SMILES string of the molecule is CN(Cc1nccs1)C(=O)c1ccc(-c2ccccc2)cc1. The predicted molar refractivity (Wildman–Crippen MR) is 89.8 cm³/mol. The first-order valence-corrected chi connectivity index (χ1v) is 7.91. The highest BCUT2D eigenvalue weighted by Gasteiger charge is 2.13. The topological polar surface area (TPSA) is 33.2 Å². The van der Waals surface area contributed by atoms with Crippen LogP contribution in [0.15, 0.2) is 66.2 Å². The van der Waals surface area contributed by atoms with E-state index >= 15 is 0 Å². The number of benzene rings is 2. The van der Waals surface area contributed by atoms with Gasteiger partial charge < -0.3 is 4.90 Å². The van der Waals surface area contributed by atoms with Crippen LogP contribution in [-0.2, 0) is 6.54 Å². The van der Waals surface area contributed by atoms with E-state index in [-0.39, 0.29) is 5.91 Å². The van der Waals surface area contributed by atoms with Gasteiger partial charge in [0, 0.05) is 24.2 Å². The smallest absolute Gasteiger partial charge is 0.253 e. The number of thiazole rings is 1. The number of nitrogens with zero attached hydrogens (tertiary/aromatic N) is 2. The van der Waals surface area contributed by atoms with Crippen LogP contribution in [0.3, 0.4) is 0 Å². The highest BCUT2D eigenvalue weighted by molar-refractivity contribution is 7.09. The van der Waals surface area contributed by atoms with Crippen LogP contribution in [-0.4, -0.2) is 22.8 Å². The van der Waals surface area contributed by atoms with Gasteiger partial charge in [-0.05, 0) is 23.3 Å². The molecule has 1 aromatic heterocycles. The number of amides is 1. The Morgan fingerprint density at radius 3 is 2.36 bits per heavy atom. The van der Waals surface area contributed by atoms with Crippen molar-refractivity contribution in [2.45, 2.75) is 6.54 Å². The average Bonchev–Trinajstić information content (AvgIpc) is 3.08. The first kappa shape index (κ1) is 14.5. The Kier molecular flexibility index (Phi) is 4.30. The van der Waals surface area contributed by atoms with Gasteiger partial charge in [0.2, 0.25) is 0 Å². The predicted octanol–water partition coefficient (Wildman–Crippen LogP) is 4.08. The van der Waals surface area contributed by atoms with Crippen LogP contribution in [0.1, 0.15) is 15.4 Å². The fourth-order valence-electron chi connectivity index (χ4n) is 2.26. The molecule has 0 aliphatic carbocycles. The van der Waals surface area contributed by atoms with E-state index in [2.05, 4.69) is 17.1 Å². The summed E-state index contributed by atoms with van der Waals surface area (Å²) < 4.78 is 0. The number of rotatable bonds is 4. The molecule has 1 amide bonds. The molecule has 0 atom stereocenters. The van der Waals surface area contributed by atoms with E-state index in [1.165, 1.54) is 0 Å². The summed E-state index contributed by atoms with van der Waals surface area (Å²) >= 11 is 1.56. The molecule has 0 spiro atoms. The Hall–Kier alpha value is -2.46. The number of carbonyl (C=O) groups excluding carboxylic acids is 1. The molecular formula is C18H16N2OS. The van der Waals surface area contributed by atoms with Crippen LogP contribution >= 0.6 is 11.3 Å². The van der Waals surface area contributed by atoms with Gasteiger partial charge in [-0.3, -0.25) is 4.79 Å². The Bertz CT molecular complexity index is 737. The molecule has 0 unspecified atom stereocenters. The summed E-state index contributed by atoms with van der Waals surface area (Å²) in [6, 6.07) is 17.9. The summed E-state index contributed by atoms with van der Waals surface area (Å²) in [5, 5.41) is 2.86. The molecule has 22 heavy (non-hydrogen) atoms. The minimum Gasteiger partial charge on any atom is -0.335 e. The summed E-state index contributed by atoms with van der Waals surface area (Å²) in [6.45, 7) is 0.539. The van der Waals surface area contributed by atoms with Gasteiger partial charge in [0.25, 0.3) is 5.91 Å². The fourth-order valence-corrected chi connectivity index (χ4v) is 2.93. The van der Waals surface area contributed by atoms with E-state index in [1.807, 2.05) is 47.8 Å². The monoisotopic (exact) mass is 308 g/mol. The van der Waals surface area contributed by atoms with Crippen LogP contribution in [0.25, 0.3) is 11.1 Å². The zero-order valence-electron chi connectivity index (χ0n) is 12.3. The van der Waals surface area contributed by atoms with Gasteiger partial charge in [-0.2, -0.15) is 0 Å². The Morgan fingerprint density at radius 2 is 1.73 bits per heavy atom. The molecule has 0 radical (unpaired) electrons. The van der Waals surface area contributed by atoms with E-state index in [4.69, 9.17) is 0 Å². The molecule has 0 N–H and O–H groups in total. The number of hydrogen-bond acceptors (Lipinski definition) is 3. The zero-order valence-corrected chi connectivity index (χ0v) is 13.1. The van der Waals surface area contributed by atoms with Gasteiger partial charge in [-0.15, -0.1) is 11.3 Å². The second kappa shape index (κ2) is 6.54. The lowest BCUT2D eigenvalue weighted by molar-refractivity contribution is 0.0785. The van der Waals surface area contributed by atoms with Crippen molar-refractivity contribution < 1.29 is 4.79 Å². The number of aromatic nitrogens is 1. The Morgan fingerprint density at radius 1 is 1.05 bits per heavy atom. The molecule has 110 valence electrons. The van der Waals surface area contributed by atoms with Crippen LogP contribution in [0.4, 0.5) is 0 Å². The van der Waals surface area contributed by atoms with Gasteiger partial charge in [0.05, 0.1) is 6.54 Å². The van der Waals surface area contributed by atoms with Crippen molar-refractivity contribution in [2.24, 2.45) is 0 Å². The van der Waals surface area contributed by atoms with Crippen LogP contribution in [0, 0.1) is 0 Å². The molecule has 0 saturated heterocycles. The summed E-state index contributed by atoms with van der Waals surface area (Å²) in [5.74, 6) is 0.00908. The minimum atomic E-state index is 0.00908. The maximum absolute atomic E-state index is 12.4. The molecule has 0 aliphatic heterocycles. The third kappa shape index (κ3) is 3.23. The molecular weight excluding hydrogens is 292 g/mol. The summed E-state index contributed by atoms with van der Waals surface area (Å²) in [4.78, 5) is 18.3. The first-order chi connectivity index (χ1) is 10.7. The molecule has 3 rings (SSSR count). The molecule has 0 aliphatic rings. The standard InChI is InChI=1S/C18H16N2OS/c1-20(13-17-19-11-12-22-17)18(21)16-9-7-15(8-10-16)14-5-3-2-4-6-14/h2-12H,13H2,1H3. The molecule has 0 fully saturated rings. The molecule has 0 bridgehead atoms. The third-order valence-electron chi connectivity index (χ3n) is 3.44. The van der Waals surface area contributed by atoms with Crippen LogP contribution in [0.5, 0.6) is 0 Å². The van der Waals surface area contributed by atoms with Gasteiger partial charge in [0.15, 0.2) is 0 Å². The van der Waals surface area contributed by atoms with E-state index < -0.39 is 0 Å². The summed E-state index contributed by atoms with van der Waals surface area (Å²) in [5.41, 5.74) is 2.95. The summed E-state index contributed by atoms with van der Waals surface area (Å²) in [6.07, 6.45) is 1.76. The van der Waals surface area contributed by atoms with Crippen molar-refractivity contribution in [1.82, 2.24) is 9.88 Å². The van der Waals surface area contributed by atoms with Gasteiger partial charge in [0.1, 0.15) is 5.01 Å². The second-order valence-electron chi connectivity index (χ2n) is 5.03. The van der Waals surface area contributed by atoms with Crippen molar-refractivity contribution in [3.63, 3.8) is 0 Å². The molecule has 3 nitrogen and oxygen atoms in total. The lowest BCUT2D eigenvalue weighted by Crippen LogP contribution is -2.26. The largest absolute Gasteiger partial charge is 0.335 e. The van der Waals surface area contributed by atoms with Crippen molar-refractivity contribution in [3.8, 4) is 11.1 Å². The van der Waals surface area contributed by atoms with Crippen LogP contribution < -0.4 is 0 Å². The van der Waals surface area contributed by atoms with E-state index in [0.29, 0.717) is 12.1 Å². The molecule has 0 saturated carbocycles. The average molecular weight is 308 g/mol. The molecule has 2 aromatic carbocycles. The second-order valence-corrected chi connectivity index (χ2v) is 6.01. The van der Waals surface area contributed by atoms with Crippen molar-refractivity contribution >= 4 is 17.2 Å². The van der Waals surface area contributed by atoms with E-state index in [0.717, 1.165) is 16.1 Å². The normalized spacial score (nSPS) is 10.4. The maximum atomic E-state index is 12.4. The van der Waals surface area contributed by atoms with E-state index in [9.17, 15) is 4.79 Å². The number of hydrogen-bond donors (Lipinski definition) is 0.